The van der Waals surface area contributed by atoms with Gasteiger partial charge in [0.05, 0.1) is 5.92 Å². The standard InChI is InChI=1S/C17H25BrN4O2/c1-17(20,13-4-6-14(18)7-5-13)16(24)22-10-2-3-12(11-22)15(23)21-9-8-19/h4-7,12H,2-3,8-11,19-20H2,1H3,(H,21,23). The number of piperidine rings is 1. The molecular formula is C17H25BrN4O2. The van der Waals surface area contributed by atoms with Gasteiger partial charge in [0.1, 0.15) is 5.54 Å². The van der Waals surface area contributed by atoms with Crippen LogP contribution in [0.1, 0.15) is 25.3 Å². The Morgan fingerprint density at radius 1 is 1.38 bits per heavy atom. The lowest BCUT2D eigenvalue weighted by atomic mass is 9.89. The van der Waals surface area contributed by atoms with Gasteiger partial charge in [-0.15, -0.1) is 0 Å². The Labute approximate surface area is 151 Å². The number of rotatable bonds is 5. The molecule has 0 spiro atoms. The molecular weight excluding hydrogens is 372 g/mol. The number of likely N-dealkylation sites (tertiary alicyclic amines) is 1. The topological polar surface area (TPSA) is 101 Å². The van der Waals surface area contributed by atoms with Crippen molar-refractivity contribution in [2.45, 2.75) is 25.3 Å². The number of nitrogens with zero attached hydrogens (tertiary/aromatic N) is 1. The van der Waals surface area contributed by atoms with E-state index >= 15 is 0 Å². The van der Waals surface area contributed by atoms with Crippen LogP contribution >= 0.6 is 15.9 Å². The lowest BCUT2D eigenvalue weighted by Gasteiger charge is -2.37. The number of hydrogen-bond donors (Lipinski definition) is 3. The third kappa shape index (κ3) is 4.34. The van der Waals surface area contributed by atoms with E-state index in [2.05, 4.69) is 21.2 Å². The molecule has 24 heavy (non-hydrogen) atoms. The third-order valence-corrected chi connectivity index (χ3v) is 4.94. The molecule has 1 saturated heterocycles. The Bertz CT molecular complexity index is 589. The fourth-order valence-electron chi connectivity index (χ4n) is 2.96. The van der Waals surface area contributed by atoms with Crippen molar-refractivity contribution in [1.29, 1.82) is 0 Å². The Morgan fingerprint density at radius 2 is 2.04 bits per heavy atom. The summed E-state index contributed by atoms with van der Waals surface area (Å²) in [5.74, 6) is -0.392. The van der Waals surface area contributed by atoms with Crippen LogP contribution in [0.15, 0.2) is 28.7 Å². The lowest BCUT2D eigenvalue weighted by molar-refractivity contribution is -0.140. The van der Waals surface area contributed by atoms with E-state index in [1.165, 1.54) is 0 Å². The summed E-state index contributed by atoms with van der Waals surface area (Å²) in [6, 6.07) is 7.43. The second kappa shape index (κ2) is 8.09. The molecule has 0 saturated carbocycles. The fourth-order valence-corrected chi connectivity index (χ4v) is 3.23. The van der Waals surface area contributed by atoms with Crippen molar-refractivity contribution in [1.82, 2.24) is 10.2 Å². The first kappa shape index (κ1) is 18.9. The molecule has 0 bridgehead atoms. The average Bonchev–Trinajstić information content (AvgIpc) is 2.59. The predicted molar refractivity (Wildman–Crippen MR) is 97.0 cm³/mol. The van der Waals surface area contributed by atoms with Crippen LogP contribution in [0.25, 0.3) is 0 Å². The van der Waals surface area contributed by atoms with Crippen molar-refractivity contribution in [2.75, 3.05) is 26.2 Å². The van der Waals surface area contributed by atoms with E-state index in [1.807, 2.05) is 24.3 Å². The largest absolute Gasteiger partial charge is 0.355 e. The monoisotopic (exact) mass is 396 g/mol. The minimum absolute atomic E-state index is 0.0414. The number of halogens is 1. The molecule has 2 atom stereocenters. The van der Waals surface area contributed by atoms with E-state index < -0.39 is 5.54 Å². The van der Waals surface area contributed by atoms with Gasteiger partial charge in [0.25, 0.3) is 0 Å². The molecule has 1 aliphatic heterocycles. The highest BCUT2D eigenvalue weighted by atomic mass is 79.9. The first-order chi connectivity index (χ1) is 11.4. The van der Waals surface area contributed by atoms with Crippen LogP contribution in [-0.2, 0) is 15.1 Å². The van der Waals surface area contributed by atoms with Crippen LogP contribution in [-0.4, -0.2) is 42.9 Å². The van der Waals surface area contributed by atoms with Crippen molar-refractivity contribution in [3.63, 3.8) is 0 Å². The molecule has 0 aliphatic carbocycles. The minimum atomic E-state index is -1.11. The van der Waals surface area contributed by atoms with Gasteiger partial charge in [0, 0.05) is 30.7 Å². The Kier molecular flexibility index (Phi) is 6.37. The second-order valence-corrected chi connectivity index (χ2v) is 7.29. The molecule has 2 unspecified atom stereocenters. The molecule has 132 valence electrons. The number of nitrogens with one attached hydrogen (secondary N) is 1. The summed E-state index contributed by atoms with van der Waals surface area (Å²) in [5.41, 5.74) is 11.4. The van der Waals surface area contributed by atoms with E-state index in [0.29, 0.717) is 26.2 Å². The van der Waals surface area contributed by atoms with Gasteiger partial charge in [-0.05, 0) is 37.5 Å². The van der Waals surface area contributed by atoms with Gasteiger partial charge in [-0.3, -0.25) is 9.59 Å². The van der Waals surface area contributed by atoms with Gasteiger partial charge in [0.15, 0.2) is 0 Å². The van der Waals surface area contributed by atoms with E-state index in [9.17, 15) is 9.59 Å². The van der Waals surface area contributed by atoms with Gasteiger partial charge < -0.3 is 21.7 Å². The Hall–Kier alpha value is -1.44. The van der Waals surface area contributed by atoms with Crippen LogP contribution < -0.4 is 16.8 Å². The van der Waals surface area contributed by atoms with Crippen LogP contribution in [0, 0.1) is 5.92 Å². The van der Waals surface area contributed by atoms with Crippen LogP contribution in [0.5, 0.6) is 0 Å². The summed E-state index contributed by atoms with van der Waals surface area (Å²) >= 11 is 3.38. The molecule has 0 aromatic heterocycles. The molecule has 7 heteroatoms. The molecule has 5 N–H and O–H groups in total. The van der Waals surface area contributed by atoms with Gasteiger partial charge in [-0.1, -0.05) is 28.1 Å². The number of carbonyl (C=O) groups is 2. The molecule has 1 aromatic carbocycles. The minimum Gasteiger partial charge on any atom is -0.355 e. The van der Waals surface area contributed by atoms with Gasteiger partial charge in [0.2, 0.25) is 11.8 Å². The fraction of sp³-hybridized carbons (Fsp3) is 0.529. The van der Waals surface area contributed by atoms with Crippen molar-refractivity contribution in [3.05, 3.63) is 34.3 Å². The highest BCUT2D eigenvalue weighted by Crippen LogP contribution is 2.26. The molecule has 2 amide bonds. The maximum absolute atomic E-state index is 12.9. The predicted octanol–water partition coefficient (Wildman–Crippen LogP) is 0.937. The van der Waals surface area contributed by atoms with Crippen LogP contribution in [0.2, 0.25) is 0 Å². The zero-order chi connectivity index (χ0) is 17.7. The quantitative estimate of drug-likeness (QED) is 0.688. The van der Waals surface area contributed by atoms with E-state index in [1.54, 1.807) is 11.8 Å². The normalized spacial score (nSPS) is 20.3. The number of hydrogen-bond acceptors (Lipinski definition) is 4. The highest BCUT2D eigenvalue weighted by Gasteiger charge is 2.37. The van der Waals surface area contributed by atoms with Gasteiger partial charge in [-0.2, -0.15) is 0 Å². The molecule has 1 heterocycles. The van der Waals surface area contributed by atoms with Gasteiger partial charge >= 0.3 is 0 Å². The molecule has 1 fully saturated rings. The molecule has 6 nitrogen and oxygen atoms in total. The summed E-state index contributed by atoms with van der Waals surface area (Å²) in [6.45, 7) is 3.61. The highest BCUT2D eigenvalue weighted by molar-refractivity contribution is 9.10. The smallest absolute Gasteiger partial charge is 0.246 e. The number of amides is 2. The maximum atomic E-state index is 12.9. The van der Waals surface area contributed by atoms with Gasteiger partial charge in [-0.25, -0.2) is 0 Å². The average molecular weight is 397 g/mol. The summed E-state index contributed by atoms with van der Waals surface area (Å²) in [4.78, 5) is 26.8. The van der Waals surface area contributed by atoms with E-state index in [0.717, 1.165) is 22.9 Å². The summed E-state index contributed by atoms with van der Waals surface area (Å²) in [6.07, 6.45) is 1.57. The maximum Gasteiger partial charge on any atom is 0.246 e. The van der Waals surface area contributed by atoms with Crippen molar-refractivity contribution >= 4 is 27.7 Å². The summed E-state index contributed by atoms with van der Waals surface area (Å²) in [5, 5.41) is 2.80. The lowest BCUT2D eigenvalue weighted by Crippen LogP contribution is -2.55. The number of carbonyl (C=O) groups excluding carboxylic acids is 2. The van der Waals surface area contributed by atoms with Crippen LogP contribution in [0.3, 0.4) is 0 Å². The Balaban J connectivity index is 2.07. The first-order valence-corrected chi connectivity index (χ1v) is 8.97. The molecule has 1 aromatic rings. The van der Waals surface area contributed by atoms with Crippen molar-refractivity contribution in [2.24, 2.45) is 17.4 Å². The second-order valence-electron chi connectivity index (χ2n) is 6.38. The zero-order valence-corrected chi connectivity index (χ0v) is 15.5. The Morgan fingerprint density at radius 3 is 2.67 bits per heavy atom. The molecule has 2 rings (SSSR count). The number of benzene rings is 1. The van der Waals surface area contributed by atoms with E-state index in [-0.39, 0.29) is 17.7 Å². The molecule has 0 radical (unpaired) electrons. The van der Waals surface area contributed by atoms with E-state index in [4.69, 9.17) is 11.5 Å². The third-order valence-electron chi connectivity index (χ3n) is 4.41. The first-order valence-electron chi connectivity index (χ1n) is 8.18. The van der Waals surface area contributed by atoms with Crippen molar-refractivity contribution in [3.8, 4) is 0 Å². The summed E-state index contributed by atoms with van der Waals surface area (Å²) in [7, 11) is 0. The summed E-state index contributed by atoms with van der Waals surface area (Å²) < 4.78 is 0.934. The molecule has 1 aliphatic rings. The number of nitrogens with two attached hydrogens (primary N) is 2. The van der Waals surface area contributed by atoms with Crippen LogP contribution in [0.4, 0.5) is 0 Å². The SMILES string of the molecule is CC(N)(C(=O)N1CCCC(C(=O)NCCN)C1)c1ccc(Br)cc1. The zero-order valence-electron chi connectivity index (χ0n) is 13.9. The van der Waals surface area contributed by atoms with Crippen molar-refractivity contribution < 1.29 is 9.59 Å².